The number of fused-ring (bicyclic) bond motifs is 1. The molecule has 5 nitrogen and oxygen atoms in total. The molecule has 1 saturated carbocycles. The Bertz CT molecular complexity index is 681. The van der Waals surface area contributed by atoms with Crippen LogP contribution in [0.2, 0.25) is 0 Å². The lowest BCUT2D eigenvalue weighted by Gasteiger charge is -2.24. The molecule has 1 aliphatic carbocycles. The first-order valence-corrected chi connectivity index (χ1v) is 11.4. The highest BCUT2D eigenvalue weighted by Crippen LogP contribution is 2.43. The minimum absolute atomic E-state index is 0.0602. The van der Waals surface area contributed by atoms with E-state index in [1.165, 1.54) is 6.07 Å². The van der Waals surface area contributed by atoms with Crippen LogP contribution in [0.5, 0.6) is 0 Å². The van der Waals surface area contributed by atoms with Gasteiger partial charge in [0, 0.05) is 19.4 Å². The van der Waals surface area contributed by atoms with Gasteiger partial charge in [-0.1, -0.05) is 18.2 Å². The molecular formula is C24H35FO5. The second-order valence-electron chi connectivity index (χ2n) is 9.09. The van der Waals surface area contributed by atoms with Crippen LogP contribution in [0.15, 0.2) is 24.3 Å². The van der Waals surface area contributed by atoms with Crippen LogP contribution in [-0.4, -0.2) is 46.2 Å². The largest absolute Gasteiger partial charge is 0.481 e. The van der Waals surface area contributed by atoms with Crippen LogP contribution in [0.3, 0.4) is 0 Å². The molecule has 168 valence electrons. The van der Waals surface area contributed by atoms with Crippen molar-refractivity contribution in [1.29, 1.82) is 0 Å². The summed E-state index contributed by atoms with van der Waals surface area (Å²) in [4.78, 5) is 10.7. The van der Waals surface area contributed by atoms with Gasteiger partial charge in [0.25, 0.3) is 0 Å². The lowest BCUT2D eigenvalue weighted by atomic mass is 9.83. The second-order valence-corrected chi connectivity index (χ2v) is 9.09. The van der Waals surface area contributed by atoms with Crippen molar-refractivity contribution in [2.75, 3.05) is 6.61 Å². The van der Waals surface area contributed by atoms with E-state index in [4.69, 9.17) is 9.84 Å². The summed E-state index contributed by atoms with van der Waals surface area (Å²) < 4.78 is 19.8. The Morgan fingerprint density at radius 3 is 2.77 bits per heavy atom. The van der Waals surface area contributed by atoms with Gasteiger partial charge < -0.3 is 20.1 Å². The van der Waals surface area contributed by atoms with E-state index in [0.29, 0.717) is 56.1 Å². The lowest BCUT2D eigenvalue weighted by molar-refractivity contribution is -0.137. The molecule has 0 aromatic heterocycles. The SMILES string of the molecule is O=C(O)CCC[C@H]1CC[C@@H]2[C@@H](CC[C@H](O)CCc3ccccc3F)[C@H](O)C[C@@H]2OC1. The summed E-state index contributed by atoms with van der Waals surface area (Å²) in [5.74, 6) is -0.177. The van der Waals surface area contributed by atoms with E-state index in [9.17, 15) is 19.4 Å². The number of ether oxygens (including phenoxy) is 1. The number of aliphatic hydroxyl groups excluding tert-OH is 2. The average Bonchev–Trinajstić information content (AvgIpc) is 2.87. The maximum atomic E-state index is 13.7. The standard InChI is InChI=1S/C24H35FO5/c25-21-6-2-1-5-17(21)9-10-18(26)11-13-19-20-12-8-16(4-3-7-24(28)29)15-30-23(20)14-22(19)27/h1-2,5-6,16,18-20,22-23,26-27H,3-4,7-15H2,(H,28,29)/t16-,18+,19+,20+,22+,23-/m0/s1. The van der Waals surface area contributed by atoms with Gasteiger partial charge in [-0.25, -0.2) is 4.39 Å². The summed E-state index contributed by atoms with van der Waals surface area (Å²) in [7, 11) is 0. The van der Waals surface area contributed by atoms with Crippen LogP contribution < -0.4 is 0 Å². The number of carboxylic acid groups (broad SMARTS) is 1. The lowest BCUT2D eigenvalue weighted by Crippen LogP contribution is -2.24. The number of rotatable bonds is 10. The fourth-order valence-electron chi connectivity index (χ4n) is 5.24. The van der Waals surface area contributed by atoms with E-state index in [0.717, 1.165) is 25.7 Å². The maximum absolute atomic E-state index is 13.7. The van der Waals surface area contributed by atoms with Gasteiger partial charge in [0.2, 0.25) is 0 Å². The Morgan fingerprint density at radius 1 is 1.20 bits per heavy atom. The highest BCUT2D eigenvalue weighted by molar-refractivity contribution is 5.66. The number of carboxylic acids is 1. The van der Waals surface area contributed by atoms with Gasteiger partial charge >= 0.3 is 5.97 Å². The van der Waals surface area contributed by atoms with Gasteiger partial charge in [-0.2, -0.15) is 0 Å². The maximum Gasteiger partial charge on any atom is 0.303 e. The van der Waals surface area contributed by atoms with Gasteiger partial charge in [0.1, 0.15) is 5.82 Å². The van der Waals surface area contributed by atoms with E-state index in [1.807, 2.05) is 0 Å². The summed E-state index contributed by atoms with van der Waals surface area (Å²) in [5.41, 5.74) is 0.628. The third kappa shape index (κ3) is 6.50. The predicted molar refractivity (Wildman–Crippen MR) is 112 cm³/mol. The zero-order valence-electron chi connectivity index (χ0n) is 17.6. The van der Waals surface area contributed by atoms with Crippen LogP contribution in [-0.2, 0) is 16.0 Å². The predicted octanol–water partition coefficient (Wildman–Crippen LogP) is 3.95. The minimum Gasteiger partial charge on any atom is -0.481 e. The van der Waals surface area contributed by atoms with Crippen molar-refractivity contribution in [2.24, 2.45) is 17.8 Å². The zero-order chi connectivity index (χ0) is 21.5. The number of aryl methyl sites for hydroxylation is 1. The molecule has 3 N–H and O–H groups in total. The number of carbonyl (C=O) groups is 1. The van der Waals surface area contributed by atoms with E-state index in [2.05, 4.69) is 0 Å². The van der Waals surface area contributed by atoms with E-state index < -0.39 is 18.2 Å². The normalized spacial score (nSPS) is 29.9. The molecule has 3 rings (SSSR count). The molecule has 1 heterocycles. The highest BCUT2D eigenvalue weighted by Gasteiger charge is 2.44. The topological polar surface area (TPSA) is 87.0 Å². The summed E-state index contributed by atoms with van der Waals surface area (Å²) >= 11 is 0. The fraction of sp³-hybridized carbons (Fsp3) is 0.708. The molecule has 2 fully saturated rings. The Balaban J connectivity index is 1.44. The van der Waals surface area contributed by atoms with Crippen molar-refractivity contribution >= 4 is 5.97 Å². The molecule has 1 saturated heterocycles. The third-order valence-electron chi connectivity index (χ3n) is 6.99. The molecule has 0 radical (unpaired) electrons. The van der Waals surface area contributed by atoms with Crippen LogP contribution in [0, 0.1) is 23.6 Å². The second kappa shape index (κ2) is 11.2. The molecule has 1 aromatic rings. The van der Waals surface area contributed by atoms with Gasteiger partial charge in [0.15, 0.2) is 0 Å². The van der Waals surface area contributed by atoms with Gasteiger partial charge in [-0.15, -0.1) is 0 Å². The van der Waals surface area contributed by atoms with E-state index in [1.54, 1.807) is 18.2 Å². The fourth-order valence-corrected chi connectivity index (χ4v) is 5.24. The number of hydrogen-bond acceptors (Lipinski definition) is 4. The summed E-state index contributed by atoms with van der Waals surface area (Å²) in [5, 5.41) is 29.8. The minimum atomic E-state index is -0.752. The quantitative estimate of drug-likeness (QED) is 0.532. The molecule has 6 heteroatoms. The van der Waals surface area contributed by atoms with Crippen molar-refractivity contribution in [3.8, 4) is 0 Å². The monoisotopic (exact) mass is 422 g/mol. The van der Waals surface area contributed by atoms with Crippen LogP contribution in [0.4, 0.5) is 4.39 Å². The number of aliphatic carboxylic acids is 1. The van der Waals surface area contributed by atoms with Crippen LogP contribution in [0.25, 0.3) is 0 Å². The average molecular weight is 423 g/mol. The van der Waals surface area contributed by atoms with Gasteiger partial charge in [-0.3, -0.25) is 4.79 Å². The summed E-state index contributed by atoms with van der Waals surface area (Å²) in [6, 6.07) is 6.67. The zero-order valence-corrected chi connectivity index (χ0v) is 17.6. The van der Waals surface area contributed by atoms with Crippen molar-refractivity contribution in [2.45, 2.75) is 82.5 Å². The van der Waals surface area contributed by atoms with Crippen LogP contribution in [0.1, 0.15) is 63.4 Å². The molecule has 0 bridgehead atoms. The Labute approximate surface area is 178 Å². The summed E-state index contributed by atoms with van der Waals surface area (Å²) in [6.45, 7) is 0.644. The van der Waals surface area contributed by atoms with E-state index >= 15 is 0 Å². The molecule has 0 amide bonds. The van der Waals surface area contributed by atoms with Gasteiger partial charge in [0.05, 0.1) is 18.3 Å². The van der Waals surface area contributed by atoms with Crippen molar-refractivity contribution in [1.82, 2.24) is 0 Å². The Morgan fingerprint density at radius 2 is 2.00 bits per heavy atom. The van der Waals surface area contributed by atoms with Gasteiger partial charge in [-0.05, 0) is 80.8 Å². The molecule has 0 spiro atoms. The van der Waals surface area contributed by atoms with Crippen LogP contribution >= 0.6 is 0 Å². The molecule has 6 atom stereocenters. The van der Waals surface area contributed by atoms with Crippen molar-refractivity contribution < 1.29 is 29.2 Å². The molecule has 1 aliphatic heterocycles. The molecular weight excluding hydrogens is 387 g/mol. The molecule has 30 heavy (non-hydrogen) atoms. The van der Waals surface area contributed by atoms with E-state index in [-0.39, 0.29) is 24.3 Å². The number of aliphatic hydroxyl groups is 2. The highest BCUT2D eigenvalue weighted by atomic mass is 19.1. The first kappa shape index (κ1) is 23.2. The molecule has 1 aromatic carbocycles. The number of hydrogen-bond donors (Lipinski definition) is 3. The third-order valence-corrected chi connectivity index (χ3v) is 6.99. The summed E-state index contributed by atoms with van der Waals surface area (Å²) in [6.07, 6.45) is 5.89. The van der Waals surface area contributed by atoms with Crippen molar-refractivity contribution in [3.63, 3.8) is 0 Å². The Kier molecular flexibility index (Phi) is 8.66. The molecule has 0 unspecified atom stereocenters. The first-order valence-electron chi connectivity index (χ1n) is 11.4. The van der Waals surface area contributed by atoms with Crippen molar-refractivity contribution in [3.05, 3.63) is 35.6 Å². The Hall–Kier alpha value is -1.50. The number of benzene rings is 1. The number of halogens is 1. The molecule has 2 aliphatic rings. The smallest absolute Gasteiger partial charge is 0.303 e. The first-order chi connectivity index (χ1) is 14.4.